The molecule has 1 atom stereocenters. The Bertz CT molecular complexity index is 273. The van der Waals surface area contributed by atoms with Crippen LogP contribution in [-0.4, -0.2) is 35.6 Å². The molecule has 1 aliphatic heterocycles. The molecule has 1 rings (SSSR count). The molecule has 0 aromatic heterocycles. The van der Waals surface area contributed by atoms with Gasteiger partial charge in [-0.05, 0) is 31.6 Å². The van der Waals surface area contributed by atoms with Crippen molar-refractivity contribution in [2.75, 3.05) is 19.7 Å². The Morgan fingerprint density at radius 3 is 2.44 bits per heavy atom. The molecule has 16 heavy (non-hydrogen) atoms. The first-order valence-electron chi connectivity index (χ1n) is 6.13. The second-order valence-corrected chi connectivity index (χ2v) is 6.33. The minimum atomic E-state index is -0.637. The van der Waals surface area contributed by atoms with Crippen molar-refractivity contribution in [2.45, 2.75) is 41.0 Å². The van der Waals surface area contributed by atoms with Gasteiger partial charge in [-0.25, -0.2) is 0 Å². The van der Waals surface area contributed by atoms with Crippen molar-refractivity contribution < 1.29 is 9.90 Å². The Labute approximate surface area is 98.8 Å². The average Bonchev–Trinajstić information content (AvgIpc) is 2.61. The summed E-state index contributed by atoms with van der Waals surface area (Å²) >= 11 is 0. The molecule has 0 aromatic carbocycles. The van der Waals surface area contributed by atoms with E-state index < -0.39 is 5.41 Å². The molecule has 0 aliphatic carbocycles. The topological polar surface area (TPSA) is 40.5 Å². The molecule has 1 aliphatic rings. The van der Waals surface area contributed by atoms with E-state index >= 15 is 0 Å². The lowest BCUT2D eigenvalue weighted by molar-refractivity contribution is -0.141. The maximum atomic E-state index is 12.2. The summed E-state index contributed by atoms with van der Waals surface area (Å²) in [5, 5.41) is 9.22. The van der Waals surface area contributed by atoms with Crippen LogP contribution in [0.15, 0.2) is 0 Å². The molecule has 0 bridgehead atoms. The maximum Gasteiger partial charge on any atom is 0.230 e. The van der Waals surface area contributed by atoms with E-state index in [4.69, 9.17) is 0 Å². The smallest absolute Gasteiger partial charge is 0.230 e. The zero-order valence-corrected chi connectivity index (χ0v) is 11.2. The van der Waals surface area contributed by atoms with Crippen molar-refractivity contribution in [1.29, 1.82) is 0 Å². The third-order valence-corrected chi connectivity index (χ3v) is 4.16. The number of amides is 1. The van der Waals surface area contributed by atoms with Crippen molar-refractivity contribution in [3.05, 3.63) is 0 Å². The first kappa shape index (κ1) is 13.5. The highest BCUT2D eigenvalue weighted by atomic mass is 16.3. The fourth-order valence-corrected chi connectivity index (χ4v) is 2.12. The van der Waals surface area contributed by atoms with Gasteiger partial charge in [0.2, 0.25) is 5.91 Å². The van der Waals surface area contributed by atoms with Gasteiger partial charge < -0.3 is 10.0 Å². The maximum absolute atomic E-state index is 12.2. The largest absolute Gasteiger partial charge is 0.395 e. The van der Waals surface area contributed by atoms with Crippen LogP contribution in [0.2, 0.25) is 0 Å². The lowest BCUT2D eigenvalue weighted by Gasteiger charge is -2.31. The SMILES string of the molecule is CC(C)[C@@]1(C)CCN(C(=O)C(C)(C)CO)C1. The molecule has 0 saturated carbocycles. The van der Waals surface area contributed by atoms with Crippen LogP contribution in [0.1, 0.15) is 41.0 Å². The molecule has 1 heterocycles. The van der Waals surface area contributed by atoms with Gasteiger partial charge in [-0.3, -0.25) is 4.79 Å². The monoisotopic (exact) mass is 227 g/mol. The number of aliphatic hydroxyl groups is 1. The number of carbonyl (C=O) groups is 1. The van der Waals surface area contributed by atoms with E-state index in [1.807, 2.05) is 4.90 Å². The van der Waals surface area contributed by atoms with Gasteiger partial charge in [0.25, 0.3) is 0 Å². The Morgan fingerprint density at radius 1 is 1.50 bits per heavy atom. The van der Waals surface area contributed by atoms with Gasteiger partial charge in [-0.1, -0.05) is 20.8 Å². The van der Waals surface area contributed by atoms with Crippen LogP contribution in [0.4, 0.5) is 0 Å². The van der Waals surface area contributed by atoms with Crippen LogP contribution in [0.3, 0.4) is 0 Å². The van der Waals surface area contributed by atoms with Gasteiger partial charge in [-0.15, -0.1) is 0 Å². The van der Waals surface area contributed by atoms with Gasteiger partial charge in [0.05, 0.1) is 12.0 Å². The lowest BCUT2D eigenvalue weighted by atomic mass is 9.78. The van der Waals surface area contributed by atoms with Crippen LogP contribution in [-0.2, 0) is 4.79 Å². The Balaban J connectivity index is 2.71. The number of aliphatic hydroxyl groups excluding tert-OH is 1. The van der Waals surface area contributed by atoms with E-state index in [2.05, 4.69) is 20.8 Å². The van der Waals surface area contributed by atoms with Crippen LogP contribution in [0.25, 0.3) is 0 Å². The Hall–Kier alpha value is -0.570. The molecule has 0 aromatic rings. The summed E-state index contributed by atoms with van der Waals surface area (Å²) in [4.78, 5) is 14.1. The summed E-state index contributed by atoms with van der Waals surface area (Å²) < 4.78 is 0. The van der Waals surface area contributed by atoms with E-state index in [0.29, 0.717) is 5.92 Å². The number of nitrogens with zero attached hydrogens (tertiary/aromatic N) is 1. The predicted octanol–water partition coefficient (Wildman–Crippen LogP) is 1.90. The third-order valence-electron chi connectivity index (χ3n) is 4.16. The zero-order chi connectivity index (χ0) is 12.6. The summed E-state index contributed by atoms with van der Waals surface area (Å²) in [6.45, 7) is 11.9. The van der Waals surface area contributed by atoms with Crippen molar-refractivity contribution in [1.82, 2.24) is 4.90 Å². The minimum Gasteiger partial charge on any atom is -0.395 e. The first-order chi connectivity index (χ1) is 7.23. The Morgan fingerprint density at radius 2 is 2.06 bits per heavy atom. The predicted molar refractivity (Wildman–Crippen MR) is 65.0 cm³/mol. The molecule has 0 spiro atoms. The van der Waals surface area contributed by atoms with E-state index in [0.717, 1.165) is 19.5 Å². The van der Waals surface area contributed by atoms with Gasteiger partial charge in [-0.2, -0.15) is 0 Å². The van der Waals surface area contributed by atoms with Crippen LogP contribution in [0.5, 0.6) is 0 Å². The first-order valence-corrected chi connectivity index (χ1v) is 6.13. The summed E-state index contributed by atoms with van der Waals surface area (Å²) in [5.41, 5.74) is -0.399. The summed E-state index contributed by atoms with van der Waals surface area (Å²) in [7, 11) is 0. The lowest BCUT2D eigenvalue weighted by Crippen LogP contribution is -2.42. The molecule has 0 unspecified atom stereocenters. The van der Waals surface area contributed by atoms with Gasteiger partial charge >= 0.3 is 0 Å². The molecule has 94 valence electrons. The molecule has 3 heteroatoms. The van der Waals surface area contributed by atoms with Crippen LogP contribution in [0, 0.1) is 16.7 Å². The molecule has 3 nitrogen and oxygen atoms in total. The second kappa shape index (κ2) is 4.36. The fraction of sp³-hybridized carbons (Fsp3) is 0.923. The third kappa shape index (κ3) is 2.40. The van der Waals surface area contributed by atoms with Crippen molar-refractivity contribution in [2.24, 2.45) is 16.7 Å². The number of rotatable bonds is 3. The molecule has 1 fully saturated rings. The van der Waals surface area contributed by atoms with Crippen molar-refractivity contribution >= 4 is 5.91 Å². The molecular formula is C13H25NO2. The standard InChI is InChI=1S/C13H25NO2/c1-10(2)13(5)6-7-14(8-13)11(16)12(3,4)9-15/h10,15H,6-9H2,1-5H3/t13-/m0/s1. The Kier molecular flexibility index (Phi) is 3.68. The highest BCUT2D eigenvalue weighted by Crippen LogP contribution is 2.38. The van der Waals surface area contributed by atoms with Crippen LogP contribution < -0.4 is 0 Å². The van der Waals surface area contributed by atoms with Crippen LogP contribution >= 0.6 is 0 Å². The molecule has 1 amide bonds. The average molecular weight is 227 g/mol. The highest BCUT2D eigenvalue weighted by molar-refractivity contribution is 5.82. The summed E-state index contributed by atoms with van der Waals surface area (Å²) in [6.07, 6.45) is 1.07. The molecule has 0 radical (unpaired) electrons. The van der Waals surface area contributed by atoms with Gasteiger partial charge in [0.1, 0.15) is 0 Å². The van der Waals surface area contributed by atoms with E-state index in [1.165, 1.54) is 0 Å². The zero-order valence-electron chi connectivity index (χ0n) is 11.2. The quantitative estimate of drug-likeness (QED) is 0.800. The highest BCUT2D eigenvalue weighted by Gasteiger charge is 2.41. The molecule has 1 saturated heterocycles. The van der Waals surface area contributed by atoms with Crippen molar-refractivity contribution in [3.8, 4) is 0 Å². The number of likely N-dealkylation sites (tertiary alicyclic amines) is 1. The fourth-order valence-electron chi connectivity index (χ4n) is 2.12. The minimum absolute atomic E-state index is 0.0826. The summed E-state index contributed by atoms with van der Waals surface area (Å²) in [5.74, 6) is 0.668. The molecular weight excluding hydrogens is 202 g/mol. The second-order valence-electron chi connectivity index (χ2n) is 6.33. The van der Waals surface area contributed by atoms with Gasteiger partial charge in [0.15, 0.2) is 0 Å². The molecule has 1 N–H and O–H groups in total. The van der Waals surface area contributed by atoms with E-state index in [9.17, 15) is 9.90 Å². The van der Waals surface area contributed by atoms with Crippen molar-refractivity contribution in [3.63, 3.8) is 0 Å². The van der Waals surface area contributed by atoms with Gasteiger partial charge in [0, 0.05) is 13.1 Å². The summed E-state index contributed by atoms with van der Waals surface area (Å²) in [6, 6.07) is 0. The number of hydrogen-bond donors (Lipinski definition) is 1. The number of carbonyl (C=O) groups excluding carboxylic acids is 1. The number of hydrogen-bond acceptors (Lipinski definition) is 2. The normalized spacial score (nSPS) is 26.6. The van der Waals surface area contributed by atoms with E-state index in [-0.39, 0.29) is 17.9 Å². The van der Waals surface area contributed by atoms with E-state index in [1.54, 1.807) is 13.8 Å².